The van der Waals surface area contributed by atoms with Gasteiger partial charge in [-0.15, -0.1) is 0 Å². The van der Waals surface area contributed by atoms with Crippen molar-refractivity contribution in [2.24, 2.45) is 11.0 Å². The van der Waals surface area contributed by atoms with E-state index in [9.17, 15) is 13.2 Å². The molecule has 6 heterocycles. The summed E-state index contributed by atoms with van der Waals surface area (Å²) in [5.74, 6) is -3.53. The van der Waals surface area contributed by atoms with E-state index in [4.69, 9.17) is 5.53 Å². The smallest absolute Gasteiger partial charge is 0.276 e. The van der Waals surface area contributed by atoms with Gasteiger partial charge in [0.05, 0.1) is 30.0 Å². The van der Waals surface area contributed by atoms with Crippen molar-refractivity contribution < 1.29 is 22.5 Å². The Labute approximate surface area is 273 Å². The molecule has 0 unspecified atom stereocenters. The van der Waals surface area contributed by atoms with Gasteiger partial charge in [-0.2, -0.15) is 5.11 Å². The maximum atomic E-state index is 15.9. The van der Waals surface area contributed by atoms with Crippen LogP contribution in [-0.2, 0) is 22.3 Å². The Kier molecular flexibility index (Phi) is 9.81. The summed E-state index contributed by atoms with van der Waals surface area (Å²) in [5.41, 5.74) is 9.44. The fourth-order valence-corrected chi connectivity index (χ4v) is 8.61. The number of aromatic nitrogens is 3. The lowest BCUT2D eigenvalue weighted by Crippen LogP contribution is -2.78. The van der Waals surface area contributed by atoms with Crippen LogP contribution in [0.15, 0.2) is 58.5 Å². The Morgan fingerprint density at radius 1 is 1.06 bits per heavy atom. The first-order chi connectivity index (χ1) is 22.6. The molecule has 14 heteroatoms. The summed E-state index contributed by atoms with van der Waals surface area (Å²) >= 11 is 0. The molecule has 2 aromatic heterocycles. The van der Waals surface area contributed by atoms with Gasteiger partial charge in [0.25, 0.3) is 11.5 Å². The van der Waals surface area contributed by atoms with Gasteiger partial charge in [0.2, 0.25) is 0 Å². The SMILES string of the molecule is C[C@H]1Nc2ncnc3c2cc(C2CCS(=O)(=O)CC2)c(=O)n3C/C(N=N)=C/[NH2+]CCCCN2CCC(CC2)C(F)(F)c2cccc1c2. The molecule has 4 aliphatic rings. The minimum Gasteiger partial charge on any atom is -0.363 e. The summed E-state index contributed by atoms with van der Waals surface area (Å²) in [4.78, 5) is 25.3. The predicted molar refractivity (Wildman–Crippen MR) is 175 cm³/mol. The molecule has 0 amide bonds. The van der Waals surface area contributed by atoms with Crippen LogP contribution in [0.25, 0.3) is 11.0 Å². The molecule has 252 valence electrons. The molecule has 0 spiro atoms. The van der Waals surface area contributed by atoms with Gasteiger partial charge in [0.15, 0.2) is 0 Å². The van der Waals surface area contributed by atoms with Crippen LogP contribution in [0.3, 0.4) is 0 Å². The third-order valence-corrected chi connectivity index (χ3v) is 11.7. The normalized spacial score (nSPS) is 26.8. The average molecular weight is 670 g/mol. The van der Waals surface area contributed by atoms with Crippen molar-refractivity contribution in [3.05, 3.63) is 75.6 Å². The molecule has 4 aliphatic heterocycles. The van der Waals surface area contributed by atoms with Gasteiger partial charge in [-0.3, -0.25) is 9.36 Å². The summed E-state index contributed by atoms with van der Waals surface area (Å²) in [6.45, 7) is 4.79. The third-order valence-electron chi connectivity index (χ3n) is 10.00. The largest absolute Gasteiger partial charge is 0.363 e. The lowest BCUT2D eigenvalue weighted by molar-refractivity contribution is -0.589. The number of allylic oxidation sites excluding steroid dienone is 1. The molecule has 2 fully saturated rings. The molecule has 3 aromatic rings. The first-order valence-corrected chi connectivity index (χ1v) is 18.3. The number of pyridine rings is 1. The zero-order valence-electron chi connectivity index (χ0n) is 26.7. The maximum Gasteiger partial charge on any atom is 0.276 e. The number of nitrogens with zero attached hydrogens (tertiary/aromatic N) is 5. The van der Waals surface area contributed by atoms with E-state index in [0.717, 1.165) is 25.9 Å². The van der Waals surface area contributed by atoms with Gasteiger partial charge < -0.3 is 15.5 Å². The summed E-state index contributed by atoms with van der Waals surface area (Å²) in [6, 6.07) is 7.90. The van der Waals surface area contributed by atoms with Crippen molar-refractivity contribution in [3.8, 4) is 0 Å². The number of fused-ring (bicyclic) bond motifs is 9. The zero-order chi connectivity index (χ0) is 33.2. The van der Waals surface area contributed by atoms with Crippen LogP contribution in [0, 0.1) is 11.4 Å². The van der Waals surface area contributed by atoms with Crippen molar-refractivity contribution in [2.75, 3.05) is 43.0 Å². The first-order valence-electron chi connectivity index (χ1n) is 16.5. The van der Waals surface area contributed by atoms with Crippen LogP contribution in [0.5, 0.6) is 0 Å². The molecule has 1 aromatic carbocycles. The average Bonchev–Trinajstić information content (AvgIpc) is 3.06. The molecule has 7 rings (SSSR count). The van der Waals surface area contributed by atoms with E-state index in [-0.39, 0.29) is 35.1 Å². The van der Waals surface area contributed by atoms with Crippen molar-refractivity contribution >= 4 is 26.7 Å². The molecule has 0 saturated carbocycles. The molecule has 2 saturated heterocycles. The zero-order valence-corrected chi connectivity index (χ0v) is 27.5. The number of benzene rings is 1. The Bertz CT molecular complexity index is 1810. The van der Waals surface area contributed by atoms with Crippen LogP contribution in [0.4, 0.5) is 14.6 Å². The third kappa shape index (κ3) is 7.29. The summed E-state index contributed by atoms with van der Waals surface area (Å²) in [7, 11) is -3.16. The topological polar surface area (TPSA) is 150 Å². The molecule has 0 radical (unpaired) electrons. The lowest BCUT2D eigenvalue weighted by atomic mass is 9.85. The Hall–Kier alpha value is -3.62. The van der Waals surface area contributed by atoms with Crippen LogP contribution in [0.2, 0.25) is 0 Å². The number of nitrogens with one attached hydrogen (secondary N) is 2. The number of hydrogen-bond acceptors (Lipinski definition) is 9. The van der Waals surface area contributed by atoms with E-state index in [2.05, 4.69) is 25.3 Å². The van der Waals surface area contributed by atoms with Gasteiger partial charge >= 0.3 is 0 Å². The van der Waals surface area contributed by atoms with Gasteiger partial charge in [-0.05, 0) is 88.7 Å². The van der Waals surface area contributed by atoms with Crippen molar-refractivity contribution in [3.63, 3.8) is 0 Å². The van der Waals surface area contributed by atoms with Crippen molar-refractivity contribution in [2.45, 2.75) is 69.9 Å². The van der Waals surface area contributed by atoms with E-state index in [0.29, 0.717) is 72.4 Å². The number of sulfone groups is 1. The summed E-state index contributed by atoms with van der Waals surface area (Å²) < 4.78 is 57.7. The molecule has 47 heavy (non-hydrogen) atoms. The molecule has 1 atom stereocenters. The number of hydrogen-bond donors (Lipinski definition) is 3. The van der Waals surface area contributed by atoms with Crippen LogP contribution in [-0.4, -0.2) is 65.5 Å². The molecular formula is C33H43F2N8O3S+. The van der Waals surface area contributed by atoms with E-state index in [1.807, 2.05) is 18.3 Å². The minimum absolute atomic E-state index is 0.00430. The standard InChI is InChI=1S/C33H42F2N8O3S/c1-22-24-5-4-6-26(17-24)33(34,35)25-7-13-42(14-8-25)12-3-2-11-37-19-27(41-36)20-43-31-29(30(40-22)38-21-39-31)18-28(32(43)44)23-9-15-47(45,46)16-10-23/h4-6,17-19,21-23,25,36-37H,2-3,7-16,20H2,1H3,(H,38,39,40)/p+1/b27-19-,41-36?/t22-/m1/s1. The van der Waals surface area contributed by atoms with Gasteiger partial charge in [0.1, 0.15) is 39.5 Å². The Balaban J connectivity index is 1.43. The van der Waals surface area contributed by atoms with Crippen LogP contribution >= 0.6 is 0 Å². The highest BCUT2D eigenvalue weighted by Crippen LogP contribution is 2.42. The number of piperidine rings is 1. The predicted octanol–water partition coefficient (Wildman–Crippen LogP) is 4.29. The monoisotopic (exact) mass is 669 g/mol. The number of rotatable bonds is 2. The van der Waals surface area contributed by atoms with Crippen LogP contribution < -0.4 is 16.2 Å². The van der Waals surface area contributed by atoms with Gasteiger partial charge in [-0.1, -0.05) is 18.2 Å². The van der Waals surface area contributed by atoms with E-state index >= 15 is 8.78 Å². The number of quaternary nitrogens is 1. The second-order valence-electron chi connectivity index (χ2n) is 13.1. The maximum absolute atomic E-state index is 15.9. The van der Waals surface area contributed by atoms with E-state index in [1.165, 1.54) is 17.0 Å². The van der Waals surface area contributed by atoms with Crippen molar-refractivity contribution in [1.29, 1.82) is 5.53 Å². The van der Waals surface area contributed by atoms with Gasteiger partial charge in [0, 0.05) is 23.1 Å². The fraction of sp³-hybridized carbons (Fsp3) is 0.545. The number of halogens is 2. The molecular weight excluding hydrogens is 626 g/mol. The highest BCUT2D eigenvalue weighted by molar-refractivity contribution is 7.91. The molecule has 11 nitrogen and oxygen atoms in total. The molecule has 8 bridgehead atoms. The molecule has 0 aliphatic carbocycles. The number of nitrogens with two attached hydrogens (primary N) is 1. The fourth-order valence-electron chi connectivity index (χ4n) is 7.12. The quantitative estimate of drug-likeness (QED) is 0.345. The highest BCUT2D eigenvalue weighted by Gasteiger charge is 2.42. The second-order valence-corrected chi connectivity index (χ2v) is 15.4. The van der Waals surface area contributed by atoms with E-state index < -0.39 is 27.7 Å². The highest BCUT2D eigenvalue weighted by atomic mass is 32.2. The molecule has 4 N–H and O–H groups in total. The van der Waals surface area contributed by atoms with E-state index in [1.54, 1.807) is 24.4 Å². The minimum atomic E-state index is -3.16. The van der Waals surface area contributed by atoms with Crippen molar-refractivity contribution in [1.82, 2.24) is 19.4 Å². The second kappa shape index (κ2) is 13.9. The number of anilines is 1. The first kappa shape index (κ1) is 33.3. The summed E-state index contributed by atoms with van der Waals surface area (Å²) in [5, 5.41) is 9.61. The van der Waals surface area contributed by atoms with Gasteiger partial charge in [-0.25, -0.2) is 32.7 Å². The summed E-state index contributed by atoms with van der Waals surface area (Å²) in [6.07, 6.45) is 6.48. The number of alkyl halides is 2. The Morgan fingerprint density at radius 2 is 1.83 bits per heavy atom. The Morgan fingerprint density at radius 3 is 2.57 bits per heavy atom. The van der Waals surface area contributed by atoms with Crippen LogP contribution in [0.1, 0.15) is 74.1 Å². The lowest BCUT2D eigenvalue weighted by Gasteiger charge is -2.36.